The first-order valence-corrected chi connectivity index (χ1v) is 12.5. The van der Waals surface area contributed by atoms with Crippen LogP contribution in [0.5, 0.6) is 0 Å². The summed E-state index contributed by atoms with van der Waals surface area (Å²) in [4.78, 5) is 23.7. The van der Waals surface area contributed by atoms with Crippen LogP contribution in [0.15, 0.2) is 10.3 Å². The van der Waals surface area contributed by atoms with E-state index in [4.69, 9.17) is 9.68 Å². The SMILES string of the molecule is CO/N=C1\CC2C(CC[C@]3(C)C(=O)C(F)CC23)[C@@]2(C)CC/C(=N\OCC3CCNC3)CC12. The van der Waals surface area contributed by atoms with Gasteiger partial charge in [-0.25, -0.2) is 4.39 Å². The average Bonchev–Trinajstić information content (AvgIpc) is 3.36. The lowest BCUT2D eigenvalue weighted by molar-refractivity contribution is -0.135. The molecule has 1 aliphatic heterocycles. The zero-order valence-electron chi connectivity index (χ0n) is 19.7. The van der Waals surface area contributed by atoms with Crippen LogP contribution in [-0.4, -0.2) is 50.2 Å². The van der Waals surface area contributed by atoms with E-state index in [0.717, 1.165) is 69.5 Å². The molecule has 5 aliphatic rings. The smallest absolute Gasteiger partial charge is 0.173 e. The number of carbonyl (C=O) groups is 1. The number of hydrogen-bond acceptors (Lipinski definition) is 6. The number of carbonyl (C=O) groups excluding carboxylic acids is 1. The van der Waals surface area contributed by atoms with E-state index in [1.54, 1.807) is 7.11 Å². The molecule has 0 bridgehead atoms. The van der Waals surface area contributed by atoms with E-state index < -0.39 is 11.6 Å². The number of alkyl halides is 1. The standard InChI is InChI=1S/C25H38FN3O3/c1-24-7-4-16(28-32-14-15-6-9-27-13-15)10-20(24)22(29-31-3)11-17-18(24)5-8-25(2)19(17)12-21(26)23(25)30/h15,17-21,27H,4-14H2,1-3H3/b28-16+,29-22+/t15?,17?,18?,19?,20?,21?,24-,25+/m1/s1. The number of oxime groups is 2. The Labute approximate surface area is 190 Å². The zero-order chi connectivity index (χ0) is 22.5. The van der Waals surface area contributed by atoms with Gasteiger partial charge < -0.3 is 15.0 Å². The van der Waals surface area contributed by atoms with Gasteiger partial charge in [-0.3, -0.25) is 4.79 Å². The highest BCUT2D eigenvalue weighted by molar-refractivity contribution is 5.96. The molecule has 0 radical (unpaired) electrons. The van der Waals surface area contributed by atoms with Crippen molar-refractivity contribution >= 4 is 17.2 Å². The van der Waals surface area contributed by atoms with Crippen molar-refractivity contribution in [3.05, 3.63) is 0 Å². The van der Waals surface area contributed by atoms with E-state index in [1.165, 1.54) is 0 Å². The van der Waals surface area contributed by atoms with Gasteiger partial charge in [-0.05, 0) is 81.1 Å². The second-order valence-corrected chi connectivity index (χ2v) is 11.4. The van der Waals surface area contributed by atoms with Crippen molar-refractivity contribution in [3.63, 3.8) is 0 Å². The predicted octanol–water partition coefficient (Wildman–Crippen LogP) is 4.14. The Hall–Kier alpha value is -1.50. The maximum Gasteiger partial charge on any atom is 0.173 e. The molecule has 0 spiro atoms. The molecule has 5 fully saturated rings. The Balaban J connectivity index is 1.36. The van der Waals surface area contributed by atoms with E-state index >= 15 is 0 Å². The molecular formula is C25H38FN3O3. The van der Waals surface area contributed by atoms with Crippen LogP contribution >= 0.6 is 0 Å². The first kappa shape index (κ1) is 22.3. The van der Waals surface area contributed by atoms with Crippen LogP contribution < -0.4 is 5.32 Å². The third-order valence-corrected chi connectivity index (χ3v) is 9.89. The number of fused-ring (bicyclic) bond motifs is 5. The minimum absolute atomic E-state index is 0.0768. The maximum atomic E-state index is 14.5. The van der Waals surface area contributed by atoms with Crippen LogP contribution in [0.25, 0.3) is 0 Å². The van der Waals surface area contributed by atoms with E-state index in [2.05, 4.69) is 22.6 Å². The Bertz CT molecular complexity index is 810. The molecule has 5 rings (SSSR count). The Morgan fingerprint density at radius 2 is 2.00 bits per heavy atom. The summed E-state index contributed by atoms with van der Waals surface area (Å²) in [6, 6.07) is 0. The van der Waals surface area contributed by atoms with Gasteiger partial charge in [0.05, 0.1) is 11.4 Å². The summed E-state index contributed by atoms with van der Waals surface area (Å²) in [6.45, 7) is 7.18. The maximum absolute atomic E-state index is 14.5. The van der Waals surface area contributed by atoms with E-state index in [1.807, 2.05) is 6.92 Å². The minimum Gasteiger partial charge on any atom is -0.399 e. The van der Waals surface area contributed by atoms with Crippen molar-refractivity contribution in [2.75, 3.05) is 26.8 Å². The third-order valence-electron chi connectivity index (χ3n) is 9.89. The molecule has 32 heavy (non-hydrogen) atoms. The van der Waals surface area contributed by atoms with E-state index in [0.29, 0.717) is 30.8 Å². The second kappa shape index (κ2) is 8.37. The summed E-state index contributed by atoms with van der Waals surface area (Å²) >= 11 is 0. The number of Topliss-reactive ketones (excluding diaryl/α,β-unsaturated/α-hetero) is 1. The van der Waals surface area contributed by atoms with Crippen LogP contribution in [0.2, 0.25) is 0 Å². The average molecular weight is 448 g/mol. The normalized spacial score (nSPS) is 48.4. The molecule has 7 heteroatoms. The zero-order valence-corrected chi connectivity index (χ0v) is 19.7. The molecule has 178 valence electrons. The van der Waals surface area contributed by atoms with Gasteiger partial charge in [0, 0.05) is 23.8 Å². The molecule has 1 N–H and O–H groups in total. The van der Waals surface area contributed by atoms with Gasteiger partial charge in [0.15, 0.2) is 12.0 Å². The molecule has 0 aromatic rings. The van der Waals surface area contributed by atoms with Gasteiger partial charge in [-0.2, -0.15) is 0 Å². The largest absolute Gasteiger partial charge is 0.399 e. The van der Waals surface area contributed by atoms with Crippen LogP contribution in [0.4, 0.5) is 4.39 Å². The summed E-state index contributed by atoms with van der Waals surface area (Å²) < 4.78 is 14.5. The Morgan fingerprint density at radius 3 is 2.75 bits per heavy atom. The van der Waals surface area contributed by atoms with Crippen LogP contribution in [0.1, 0.15) is 65.2 Å². The summed E-state index contributed by atoms with van der Waals surface area (Å²) in [7, 11) is 1.61. The lowest BCUT2D eigenvalue weighted by Crippen LogP contribution is -2.56. The Morgan fingerprint density at radius 1 is 1.16 bits per heavy atom. The predicted molar refractivity (Wildman–Crippen MR) is 121 cm³/mol. The minimum atomic E-state index is -1.30. The van der Waals surface area contributed by atoms with Crippen LogP contribution in [0, 0.1) is 40.4 Å². The number of rotatable bonds is 4. The van der Waals surface area contributed by atoms with Gasteiger partial charge in [0.2, 0.25) is 0 Å². The van der Waals surface area contributed by atoms with Gasteiger partial charge in [0.1, 0.15) is 13.7 Å². The van der Waals surface area contributed by atoms with Crippen molar-refractivity contribution < 1.29 is 18.9 Å². The fraction of sp³-hybridized carbons (Fsp3) is 0.880. The van der Waals surface area contributed by atoms with Crippen molar-refractivity contribution in [3.8, 4) is 0 Å². The fourth-order valence-electron chi connectivity index (χ4n) is 8.02. The molecule has 1 saturated heterocycles. The lowest BCUT2D eigenvalue weighted by atomic mass is 9.45. The van der Waals surface area contributed by atoms with Gasteiger partial charge in [-0.1, -0.05) is 24.2 Å². The van der Waals surface area contributed by atoms with Crippen molar-refractivity contribution in [1.29, 1.82) is 0 Å². The summed E-state index contributed by atoms with van der Waals surface area (Å²) in [6.07, 6.45) is 5.69. The van der Waals surface area contributed by atoms with Gasteiger partial charge >= 0.3 is 0 Å². The van der Waals surface area contributed by atoms with Crippen molar-refractivity contribution in [2.24, 2.45) is 50.7 Å². The van der Waals surface area contributed by atoms with E-state index in [9.17, 15) is 9.18 Å². The van der Waals surface area contributed by atoms with Crippen molar-refractivity contribution in [2.45, 2.75) is 71.4 Å². The molecule has 4 aliphatic carbocycles. The first-order valence-electron chi connectivity index (χ1n) is 12.5. The van der Waals surface area contributed by atoms with E-state index in [-0.39, 0.29) is 23.0 Å². The monoisotopic (exact) mass is 447 g/mol. The number of halogens is 1. The highest BCUT2D eigenvalue weighted by Gasteiger charge is 2.63. The van der Waals surface area contributed by atoms with Gasteiger partial charge in [-0.15, -0.1) is 0 Å². The van der Waals surface area contributed by atoms with Gasteiger partial charge in [0.25, 0.3) is 0 Å². The second-order valence-electron chi connectivity index (χ2n) is 11.4. The summed E-state index contributed by atoms with van der Waals surface area (Å²) in [5.41, 5.74) is 1.77. The molecule has 0 amide bonds. The third kappa shape index (κ3) is 3.50. The molecule has 6 nitrogen and oxygen atoms in total. The topological polar surface area (TPSA) is 72.3 Å². The molecule has 8 atom stereocenters. The van der Waals surface area contributed by atoms with Crippen molar-refractivity contribution in [1.82, 2.24) is 5.32 Å². The molecule has 6 unspecified atom stereocenters. The summed E-state index contributed by atoms with van der Waals surface area (Å²) in [5, 5.41) is 12.4. The van der Waals surface area contributed by atoms with Crippen LogP contribution in [-0.2, 0) is 14.5 Å². The van der Waals surface area contributed by atoms with Crippen LogP contribution in [0.3, 0.4) is 0 Å². The number of nitrogens with one attached hydrogen (secondary N) is 1. The highest BCUT2D eigenvalue weighted by Crippen LogP contribution is 2.65. The Kier molecular flexibility index (Phi) is 5.83. The number of hydrogen-bond donors (Lipinski definition) is 1. The number of ketones is 1. The summed E-state index contributed by atoms with van der Waals surface area (Å²) in [5.74, 6) is 1.58. The molecule has 0 aromatic carbocycles. The number of nitrogens with zero attached hydrogens (tertiary/aromatic N) is 2. The highest BCUT2D eigenvalue weighted by atomic mass is 19.1. The first-order chi connectivity index (χ1) is 15.4. The molecule has 0 aromatic heterocycles. The quantitative estimate of drug-likeness (QED) is 0.658. The molecular weight excluding hydrogens is 409 g/mol. The molecule has 4 saturated carbocycles. The fourth-order valence-corrected chi connectivity index (χ4v) is 8.02. The molecule has 1 heterocycles. The lowest BCUT2D eigenvalue weighted by Gasteiger charge is -2.59.